The molecule has 1 aromatic carbocycles. The summed E-state index contributed by atoms with van der Waals surface area (Å²) in [5, 5.41) is 3.77. The van der Waals surface area contributed by atoms with Crippen LogP contribution in [0.3, 0.4) is 0 Å². The van der Waals surface area contributed by atoms with Crippen LogP contribution in [0, 0.1) is 0 Å². The summed E-state index contributed by atoms with van der Waals surface area (Å²) in [5.74, 6) is 0.340. The first kappa shape index (κ1) is 12.8. The first-order valence-electron chi connectivity index (χ1n) is 5.75. The van der Waals surface area contributed by atoms with E-state index in [-0.39, 0.29) is 11.9 Å². The van der Waals surface area contributed by atoms with Crippen LogP contribution in [0.2, 0.25) is 0 Å². The van der Waals surface area contributed by atoms with Gasteiger partial charge in [-0.05, 0) is 25.1 Å². The molecule has 1 heterocycles. The number of aromatic nitrogens is 1. The monoisotopic (exact) mass is 264 g/mol. The van der Waals surface area contributed by atoms with Crippen LogP contribution in [-0.4, -0.2) is 33.2 Å². The molecule has 2 rings (SSSR count). The topological polar surface area (TPSA) is 62.0 Å². The number of H-pyrrole nitrogens is 1. The van der Waals surface area contributed by atoms with E-state index in [1.165, 1.54) is 0 Å². The Hall–Kier alpha value is -1.62. The van der Waals surface area contributed by atoms with Gasteiger partial charge in [-0.2, -0.15) is 0 Å². The molecule has 18 heavy (non-hydrogen) atoms. The van der Waals surface area contributed by atoms with Gasteiger partial charge in [-0.15, -0.1) is 0 Å². The SMILES string of the molecule is CC(CS(C)=O)NC(=O)c1cccc2[nH]ccc12. The van der Waals surface area contributed by atoms with Crippen LogP contribution in [0.25, 0.3) is 10.9 Å². The van der Waals surface area contributed by atoms with Crippen molar-refractivity contribution in [2.75, 3.05) is 12.0 Å². The fraction of sp³-hybridized carbons (Fsp3) is 0.308. The smallest absolute Gasteiger partial charge is 0.252 e. The minimum absolute atomic E-state index is 0.0995. The number of benzene rings is 1. The van der Waals surface area contributed by atoms with E-state index in [2.05, 4.69) is 10.3 Å². The number of hydrogen-bond acceptors (Lipinski definition) is 2. The second-order valence-electron chi connectivity index (χ2n) is 4.36. The average Bonchev–Trinajstić information content (AvgIpc) is 2.74. The maximum Gasteiger partial charge on any atom is 0.252 e. The number of nitrogens with one attached hydrogen (secondary N) is 2. The summed E-state index contributed by atoms with van der Waals surface area (Å²) in [5.41, 5.74) is 1.58. The van der Waals surface area contributed by atoms with Crippen molar-refractivity contribution in [1.29, 1.82) is 0 Å². The molecule has 2 atom stereocenters. The number of fused-ring (bicyclic) bond motifs is 1. The predicted molar refractivity (Wildman–Crippen MR) is 74.2 cm³/mol. The summed E-state index contributed by atoms with van der Waals surface area (Å²) >= 11 is 0. The van der Waals surface area contributed by atoms with Gasteiger partial charge < -0.3 is 10.3 Å². The van der Waals surface area contributed by atoms with Gasteiger partial charge in [0.25, 0.3) is 5.91 Å². The molecule has 0 spiro atoms. The predicted octanol–water partition coefficient (Wildman–Crippen LogP) is 1.66. The second kappa shape index (κ2) is 5.35. The Morgan fingerprint density at radius 2 is 2.22 bits per heavy atom. The van der Waals surface area contributed by atoms with Crippen molar-refractivity contribution in [3.8, 4) is 0 Å². The number of aromatic amines is 1. The number of rotatable bonds is 4. The standard InChI is InChI=1S/C13H16N2O2S/c1-9(8-18(2)17)15-13(16)11-4-3-5-12-10(11)6-7-14-12/h3-7,9,14H,8H2,1-2H3,(H,15,16). The summed E-state index contributed by atoms with van der Waals surface area (Å²) in [6.45, 7) is 1.86. The van der Waals surface area contributed by atoms with Gasteiger partial charge in [-0.1, -0.05) is 6.07 Å². The van der Waals surface area contributed by atoms with Gasteiger partial charge in [0.1, 0.15) is 0 Å². The van der Waals surface area contributed by atoms with Crippen molar-refractivity contribution < 1.29 is 9.00 Å². The lowest BCUT2D eigenvalue weighted by atomic mass is 10.1. The molecule has 0 radical (unpaired) electrons. The molecule has 96 valence electrons. The number of hydrogen-bond donors (Lipinski definition) is 2. The molecule has 2 N–H and O–H groups in total. The molecule has 5 heteroatoms. The van der Waals surface area contributed by atoms with E-state index in [1.54, 1.807) is 12.3 Å². The van der Waals surface area contributed by atoms with Gasteiger partial charge in [0, 0.05) is 51.5 Å². The van der Waals surface area contributed by atoms with Crippen LogP contribution in [-0.2, 0) is 10.8 Å². The Balaban J connectivity index is 2.18. The van der Waals surface area contributed by atoms with Gasteiger partial charge in [0.2, 0.25) is 0 Å². The van der Waals surface area contributed by atoms with Crippen LogP contribution in [0.1, 0.15) is 17.3 Å². The van der Waals surface area contributed by atoms with Gasteiger partial charge in [0.15, 0.2) is 0 Å². The van der Waals surface area contributed by atoms with Crippen molar-refractivity contribution in [2.45, 2.75) is 13.0 Å². The Morgan fingerprint density at radius 3 is 2.94 bits per heavy atom. The first-order chi connectivity index (χ1) is 8.58. The largest absolute Gasteiger partial charge is 0.361 e. The van der Waals surface area contributed by atoms with Crippen LogP contribution in [0.5, 0.6) is 0 Å². The Kier molecular flexibility index (Phi) is 3.81. The van der Waals surface area contributed by atoms with Crippen LogP contribution in [0.4, 0.5) is 0 Å². The van der Waals surface area contributed by atoms with E-state index in [0.29, 0.717) is 11.3 Å². The highest BCUT2D eigenvalue weighted by Crippen LogP contribution is 2.17. The summed E-state index contributed by atoms with van der Waals surface area (Å²) in [6.07, 6.45) is 3.45. The van der Waals surface area contributed by atoms with Gasteiger partial charge in [0.05, 0.1) is 0 Å². The molecular weight excluding hydrogens is 248 g/mol. The first-order valence-corrected chi connectivity index (χ1v) is 7.47. The fourth-order valence-electron chi connectivity index (χ4n) is 1.98. The summed E-state index contributed by atoms with van der Waals surface area (Å²) in [6, 6.07) is 7.35. The van der Waals surface area contributed by atoms with E-state index in [9.17, 15) is 9.00 Å². The highest BCUT2D eigenvalue weighted by atomic mass is 32.2. The zero-order chi connectivity index (χ0) is 13.1. The maximum absolute atomic E-state index is 12.1. The van der Waals surface area contributed by atoms with E-state index >= 15 is 0 Å². The molecule has 0 aliphatic heterocycles. The molecule has 1 amide bonds. The molecule has 0 saturated carbocycles. The Morgan fingerprint density at radius 1 is 1.44 bits per heavy atom. The molecule has 0 saturated heterocycles. The fourth-order valence-corrected chi connectivity index (χ4v) is 2.77. The summed E-state index contributed by atoms with van der Waals surface area (Å²) < 4.78 is 11.1. The lowest BCUT2D eigenvalue weighted by Crippen LogP contribution is -2.36. The molecule has 4 nitrogen and oxygen atoms in total. The average molecular weight is 264 g/mol. The van der Waals surface area contributed by atoms with Gasteiger partial charge in [-0.25, -0.2) is 0 Å². The zero-order valence-corrected chi connectivity index (χ0v) is 11.2. The van der Waals surface area contributed by atoms with Crippen LogP contribution < -0.4 is 5.32 Å². The minimum Gasteiger partial charge on any atom is -0.361 e. The lowest BCUT2D eigenvalue weighted by molar-refractivity contribution is 0.0945. The van der Waals surface area contributed by atoms with Crippen molar-refractivity contribution >= 4 is 27.6 Å². The quantitative estimate of drug-likeness (QED) is 0.882. The van der Waals surface area contributed by atoms with Crippen molar-refractivity contribution in [3.05, 3.63) is 36.0 Å². The summed E-state index contributed by atoms with van der Waals surface area (Å²) in [7, 11) is -0.909. The van der Waals surface area contributed by atoms with Crippen molar-refractivity contribution in [3.63, 3.8) is 0 Å². The van der Waals surface area contributed by atoms with E-state index < -0.39 is 10.8 Å². The number of carbonyl (C=O) groups is 1. The third-order valence-electron chi connectivity index (χ3n) is 2.70. The molecule has 0 aliphatic carbocycles. The van der Waals surface area contributed by atoms with Crippen LogP contribution >= 0.6 is 0 Å². The molecule has 2 unspecified atom stereocenters. The normalized spacial score (nSPS) is 14.3. The second-order valence-corrected chi connectivity index (χ2v) is 5.84. The zero-order valence-electron chi connectivity index (χ0n) is 10.4. The number of carbonyl (C=O) groups excluding carboxylic acids is 1. The molecule has 1 aromatic heterocycles. The molecule has 0 fully saturated rings. The third-order valence-corrected chi connectivity index (χ3v) is 3.67. The summed E-state index contributed by atoms with van der Waals surface area (Å²) in [4.78, 5) is 15.2. The Bertz CT molecular complexity index is 591. The highest BCUT2D eigenvalue weighted by molar-refractivity contribution is 7.84. The van der Waals surface area contributed by atoms with Crippen LogP contribution in [0.15, 0.2) is 30.5 Å². The highest BCUT2D eigenvalue weighted by Gasteiger charge is 2.13. The van der Waals surface area contributed by atoms with E-state index in [0.717, 1.165) is 10.9 Å². The van der Waals surface area contributed by atoms with E-state index in [1.807, 2.05) is 31.3 Å². The van der Waals surface area contributed by atoms with Gasteiger partial charge in [-0.3, -0.25) is 9.00 Å². The van der Waals surface area contributed by atoms with E-state index in [4.69, 9.17) is 0 Å². The van der Waals surface area contributed by atoms with Crippen molar-refractivity contribution in [2.24, 2.45) is 0 Å². The Labute approximate surface area is 108 Å². The molecular formula is C13H16N2O2S. The maximum atomic E-state index is 12.1. The molecule has 2 aromatic rings. The van der Waals surface area contributed by atoms with Crippen molar-refractivity contribution in [1.82, 2.24) is 10.3 Å². The minimum atomic E-state index is -0.909. The third kappa shape index (κ3) is 2.79. The molecule has 0 bridgehead atoms. The van der Waals surface area contributed by atoms with Gasteiger partial charge >= 0.3 is 0 Å². The lowest BCUT2D eigenvalue weighted by Gasteiger charge is -2.12. The number of amides is 1. The molecule has 0 aliphatic rings.